The smallest absolute Gasteiger partial charge is 0.322 e. The summed E-state index contributed by atoms with van der Waals surface area (Å²) in [7, 11) is 1.93. The second kappa shape index (κ2) is 2.92. The van der Waals surface area contributed by atoms with E-state index in [4.69, 9.17) is 11.6 Å². The molecule has 0 saturated carbocycles. The number of rotatable bonds is 0. The Morgan fingerprint density at radius 1 is 1.38 bits per heavy atom. The molecule has 1 aromatic carbocycles. The van der Waals surface area contributed by atoms with Crippen molar-refractivity contribution in [2.75, 3.05) is 23.5 Å². The Labute approximate surface area is 81.5 Å². The Morgan fingerprint density at radius 2 is 2.00 bits per heavy atom. The van der Waals surface area contributed by atoms with E-state index >= 15 is 0 Å². The van der Waals surface area contributed by atoms with E-state index in [0.717, 1.165) is 11.4 Å². The summed E-state index contributed by atoms with van der Waals surface area (Å²) in [4.78, 5) is 14.5. The van der Waals surface area contributed by atoms with E-state index in [1.165, 1.54) is 4.90 Å². The van der Waals surface area contributed by atoms with Crippen molar-refractivity contribution in [2.24, 2.45) is 0 Å². The molecule has 1 heterocycles. The third-order valence-corrected chi connectivity index (χ3v) is 2.35. The summed E-state index contributed by atoms with van der Waals surface area (Å²) in [5.74, 6) is 0. The lowest BCUT2D eigenvalue weighted by atomic mass is 10.2. The Kier molecular flexibility index (Phi) is 1.88. The average Bonchev–Trinajstić information content (AvgIpc) is 2.45. The maximum atomic E-state index is 11.0. The van der Waals surface area contributed by atoms with Crippen LogP contribution in [0.4, 0.5) is 16.2 Å². The summed E-state index contributed by atoms with van der Waals surface area (Å²) in [5.41, 5.74) is 1.92. The van der Waals surface area contributed by atoms with Crippen LogP contribution in [0.15, 0.2) is 24.3 Å². The van der Waals surface area contributed by atoms with Crippen molar-refractivity contribution < 1.29 is 4.79 Å². The highest BCUT2D eigenvalue weighted by Gasteiger charge is 2.26. The van der Waals surface area contributed by atoms with E-state index in [2.05, 4.69) is 0 Å². The van der Waals surface area contributed by atoms with Crippen molar-refractivity contribution in [3.63, 3.8) is 0 Å². The number of para-hydroxylation sites is 2. The predicted molar refractivity (Wildman–Crippen MR) is 53.4 cm³/mol. The number of hydrogen-bond donors (Lipinski definition) is 0. The maximum absolute atomic E-state index is 11.0. The van der Waals surface area contributed by atoms with E-state index < -0.39 is 5.37 Å². The Morgan fingerprint density at radius 3 is 2.62 bits per heavy atom. The van der Waals surface area contributed by atoms with E-state index in [9.17, 15) is 4.79 Å². The average molecular weight is 197 g/mol. The van der Waals surface area contributed by atoms with Crippen LogP contribution in [0.5, 0.6) is 0 Å². The molecule has 0 aromatic heterocycles. The largest absolute Gasteiger partial charge is 0.355 e. The molecule has 1 aromatic rings. The van der Waals surface area contributed by atoms with Crippen molar-refractivity contribution in [3.8, 4) is 0 Å². The first-order valence-corrected chi connectivity index (χ1v) is 4.35. The van der Waals surface area contributed by atoms with Gasteiger partial charge in [-0.05, 0) is 23.7 Å². The molecule has 0 aliphatic carbocycles. The zero-order valence-corrected chi connectivity index (χ0v) is 7.95. The van der Waals surface area contributed by atoms with Crippen LogP contribution in [0.3, 0.4) is 0 Å². The van der Waals surface area contributed by atoms with Crippen LogP contribution >= 0.6 is 11.6 Å². The van der Waals surface area contributed by atoms with Crippen molar-refractivity contribution in [3.05, 3.63) is 24.3 Å². The number of amides is 1. The zero-order chi connectivity index (χ0) is 9.42. The summed E-state index contributed by atoms with van der Waals surface area (Å²) in [6.45, 7) is 0.529. The molecule has 0 fully saturated rings. The van der Waals surface area contributed by atoms with Gasteiger partial charge in [-0.1, -0.05) is 12.1 Å². The zero-order valence-electron chi connectivity index (χ0n) is 7.20. The van der Waals surface area contributed by atoms with Crippen LogP contribution in [0.25, 0.3) is 0 Å². The number of carbonyl (C=O) groups is 1. The highest BCUT2D eigenvalue weighted by atomic mass is 35.5. The van der Waals surface area contributed by atoms with E-state index in [1.807, 2.05) is 36.2 Å². The molecule has 2 rings (SSSR count). The standard InChI is InChI=1S/C9H9ClN2O/c1-11-6-12(9(10)13)8-5-3-2-4-7(8)11/h2-5H,6H2,1H3. The van der Waals surface area contributed by atoms with E-state index in [1.54, 1.807) is 0 Å². The SMILES string of the molecule is CN1CN(C(=O)Cl)c2ccccc21. The van der Waals surface area contributed by atoms with Gasteiger partial charge in [-0.15, -0.1) is 0 Å². The molecular weight excluding hydrogens is 188 g/mol. The highest BCUT2D eigenvalue weighted by molar-refractivity contribution is 6.66. The summed E-state index contributed by atoms with van der Waals surface area (Å²) >= 11 is 5.44. The molecule has 1 aliphatic rings. The molecule has 13 heavy (non-hydrogen) atoms. The minimum atomic E-state index is -0.434. The van der Waals surface area contributed by atoms with Gasteiger partial charge in [0.15, 0.2) is 0 Å². The topological polar surface area (TPSA) is 23.6 Å². The van der Waals surface area contributed by atoms with E-state index in [-0.39, 0.29) is 0 Å². The van der Waals surface area contributed by atoms with Crippen LogP contribution < -0.4 is 9.80 Å². The molecule has 3 nitrogen and oxygen atoms in total. The van der Waals surface area contributed by atoms with Crippen LogP contribution in [0.1, 0.15) is 0 Å². The highest BCUT2D eigenvalue weighted by Crippen LogP contribution is 2.34. The third kappa shape index (κ3) is 1.25. The number of benzene rings is 1. The Balaban J connectivity index is 2.47. The summed E-state index contributed by atoms with van der Waals surface area (Å²) in [5, 5.41) is -0.434. The lowest BCUT2D eigenvalue weighted by molar-refractivity contribution is 0.264. The molecule has 1 amide bonds. The molecular formula is C9H9ClN2O. The van der Waals surface area contributed by atoms with Crippen molar-refractivity contribution in [2.45, 2.75) is 0 Å². The number of halogens is 1. The lowest BCUT2D eigenvalue weighted by Crippen LogP contribution is -2.29. The third-order valence-electron chi connectivity index (χ3n) is 2.15. The van der Waals surface area contributed by atoms with Crippen LogP contribution in [-0.4, -0.2) is 19.1 Å². The molecule has 4 heteroatoms. The molecule has 0 bridgehead atoms. The Hall–Kier alpha value is -1.22. The van der Waals surface area contributed by atoms with Gasteiger partial charge in [-0.25, -0.2) is 0 Å². The second-order valence-electron chi connectivity index (χ2n) is 3.01. The molecule has 0 saturated heterocycles. The number of nitrogens with zero attached hydrogens (tertiary/aromatic N) is 2. The van der Waals surface area contributed by atoms with Crippen molar-refractivity contribution in [1.82, 2.24) is 0 Å². The lowest BCUT2D eigenvalue weighted by Gasteiger charge is -2.12. The van der Waals surface area contributed by atoms with Gasteiger partial charge in [0.1, 0.15) is 0 Å². The van der Waals surface area contributed by atoms with Crippen molar-refractivity contribution in [1.29, 1.82) is 0 Å². The van der Waals surface area contributed by atoms with Crippen LogP contribution in [0.2, 0.25) is 0 Å². The second-order valence-corrected chi connectivity index (χ2v) is 3.33. The van der Waals surface area contributed by atoms with Gasteiger partial charge in [-0.2, -0.15) is 0 Å². The van der Waals surface area contributed by atoms with Gasteiger partial charge in [0.2, 0.25) is 0 Å². The first-order chi connectivity index (χ1) is 6.20. The summed E-state index contributed by atoms with van der Waals surface area (Å²) in [6.07, 6.45) is 0. The number of anilines is 2. The quantitative estimate of drug-likeness (QED) is 0.470. The summed E-state index contributed by atoms with van der Waals surface area (Å²) < 4.78 is 0. The van der Waals surface area contributed by atoms with Crippen LogP contribution in [0, 0.1) is 0 Å². The number of fused-ring (bicyclic) bond motifs is 1. The molecule has 68 valence electrons. The van der Waals surface area contributed by atoms with Gasteiger partial charge in [0.25, 0.3) is 0 Å². The maximum Gasteiger partial charge on any atom is 0.322 e. The first-order valence-electron chi connectivity index (χ1n) is 3.97. The van der Waals surface area contributed by atoms with Gasteiger partial charge in [-0.3, -0.25) is 9.69 Å². The van der Waals surface area contributed by atoms with Gasteiger partial charge in [0, 0.05) is 7.05 Å². The van der Waals surface area contributed by atoms with Gasteiger partial charge < -0.3 is 4.90 Å². The number of carbonyl (C=O) groups excluding carboxylic acids is 1. The molecule has 0 radical (unpaired) electrons. The minimum absolute atomic E-state index is 0.434. The van der Waals surface area contributed by atoms with E-state index in [0.29, 0.717) is 6.67 Å². The monoisotopic (exact) mass is 196 g/mol. The molecule has 0 atom stereocenters. The fourth-order valence-electron chi connectivity index (χ4n) is 1.53. The van der Waals surface area contributed by atoms with Crippen molar-refractivity contribution >= 4 is 28.3 Å². The minimum Gasteiger partial charge on any atom is -0.355 e. The molecule has 0 N–H and O–H groups in total. The fraction of sp³-hybridized carbons (Fsp3) is 0.222. The predicted octanol–water partition coefficient (Wildman–Crippen LogP) is 2.26. The fourth-order valence-corrected chi connectivity index (χ4v) is 1.67. The van der Waals surface area contributed by atoms with Gasteiger partial charge in [0.05, 0.1) is 18.0 Å². The van der Waals surface area contributed by atoms with Crippen LogP contribution in [-0.2, 0) is 0 Å². The number of hydrogen-bond acceptors (Lipinski definition) is 2. The summed E-state index contributed by atoms with van der Waals surface area (Å²) in [6, 6.07) is 7.69. The first kappa shape index (κ1) is 8.38. The normalized spacial score (nSPS) is 14.6. The molecule has 0 unspecified atom stereocenters. The molecule has 0 spiro atoms. The molecule has 1 aliphatic heterocycles. The van der Waals surface area contributed by atoms with Gasteiger partial charge >= 0.3 is 5.37 Å². The Bertz CT molecular complexity index is 353.